The van der Waals surface area contributed by atoms with Crippen molar-refractivity contribution >= 4 is 33.1 Å². The number of nitro benzene ring substituents is 1. The van der Waals surface area contributed by atoms with Crippen LogP contribution in [0.15, 0.2) is 60.1 Å². The fourth-order valence-corrected chi connectivity index (χ4v) is 3.50. The number of nitrogens with zero attached hydrogens (tertiary/aromatic N) is 3. The van der Waals surface area contributed by atoms with E-state index in [1.165, 1.54) is 30.3 Å². The summed E-state index contributed by atoms with van der Waals surface area (Å²) in [5.74, 6) is -1.20. The molecule has 2 aromatic carbocycles. The number of non-ortho nitro benzene ring substituents is 1. The Morgan fingerprint density at radius 2 is 2.15 bits per heavy atom. The zero-order valence-electron chi connectivity index (χ0n) is 14.0. The van der Waals surface area contributed by atoms with Gasteiger partial charge in [0, 0.05) is 18.7 Å². The number of ether oxygens (including phenoxy) is 1. The topological polar surface area (TPSA) is 86.7 Å². The molecule has 0 atom stereocenters. The SMILES string of the molecule is C=CCn1c(=NC(=O)COc2ccccc2F)sc2cc([N+](=O)[O-])ccc21. The van der Waals surface area contributed by atoms with Crippen LogP contribution < -0.4 is 9.54 Å². The Bertz CT molecular complexity index is 1100. The molecule has 0 fully saturated rings. The maximum atomic E-state index is 13.5. The van der Waals surface area contributed by atoms with Gasteiger partial charge in [0.15, 0.2) is 23.0 Å². The number of fused-ring (bicyclic) bond motifs is 1. The summed E-state index contributed by atoms with van der Waals surface area (Å²) in [7, 11) is 0. The van der Waals surface area contributed by atoms with Crippen molar-refractivity contribution in [3.63, 3.8) is 0 Å². The van der Waals surface area contributed by atoms with E-state index in [0.717, 1.165) is 11.3 Å². The molecule has 7 nitrogen and oxygen atoms in total. The molecule has 0 aliphatic carbocycles. The maximum Gasteiger partial charge on any atom is 0.286 e. The Morgan fingerprint density at radius 1 is 1.37 bits per heavy atom. The second-order valence-electron chi connectivity index (χ2n) is 5.42. The van der Waals surface area contributed by atoms with Crippen LogP contribution in [0.5, 0.6) is 5.75 Å². The molecule has 27 heavy (non-hydrogen) atoms. The van der Waals surface area contributed by atoms with Crippen LogP contribution in [0.4, 0.5) is 10.1 Å². The van der Waals surface area contributed by atoms with Gasteiger partial charge in [0.25, 0.3) is 11.6 Å². The number of carbonyl (C=O) groups excluding carboxylic acids is 1. The van der Waals surface area contributed by atoms with Crippen LogP contribution >= 0.6 is 11.3 Å². The van der Waals surface area contributed by atoms with Gasteiger partial charge in [0.1, 0.15) is 0 Å². The zero-order chi connectivity index (χ0) is 19.4. The van der Waals surface area contributed by atoms with Gasteiger partial charge in [0.05, 0.1) is 15.1 Å². The Morgan fingerprint density at radius 3 is 2.85 bits per heavy atom. The number of benzene rings is 2. The summed E-state index contributed by atoms with van der Waals surface area (Å²) in [4.78, 5) is 27.0. The van der Waals surface area contributed by atoms with Gasteiger partial charge < -0.3 is 9.30 Å². The molecule has 0 spiro atoms. The third-order valence-electron chi connectivity index (χ3n) is 3.60. The first-order valence-corrected chi connectivity index (χ1v) is 8.65. The van der Waals surface area contributed by atoms with Crippen molar-refractivity contribution in [2.45, 2.75) is 6.54 Å². The van der Waals surface area contributed by atoms with Crippen molar-refractivity contribution in [1.82, 2.24) is 4.57 Å². The number of halogens is 1. The van der Waals surface area contributed by atoms with E-state index in [-0.39, 0.29) is 11.4 Å². The monoisotopic (exact) mass is 387 g/mol. The average Bonchev–Trinajstić information content (AvgIpc) is 2.98. The largest absolute Gasteiger partial charge is 0.481 e. The van der Waals surface area contributed by atoms with E-state index >= 15 is 0 Å². The molecule has 0 unspecified atom stereocenters. The molecule has 0 aliphatic heterocycles. The number of carbonyl (C=O) groups is 1. The Labute approximate surface area is 156 Å². The molecule has 0 saturated carbocycles. The second kappa shape index (κ2) is 7.92. The van der Waals surface area contributed by atoms with E-state index in [4.69, 9.17) is 4.74 Å². The van der Waals surface area contributed by atoms with E-state index in [1.54, 1.807) is 22.8 Å². The molecule has 0 N–H and O–H groups in total. The summed E-state index contributed by atoms with van der Waals surface area (Å²) in [6.45, 7) is 3.62. The van der Waals surface area contributed by atoms with Gasteiger partial charge in [-0.25, -0.2) is 4.39 Å². The lowest BCUT2D eigenvalue weighted by atomic mass is 10.3. The van der Waals surface area contributed by atoms with Gasteiger partial charge in [-0.3, -0.25) is 14.9 Å². The number of hydrogen-bond donors (Lipinski definition) is 0. The highest BCUT2D eigenvalue weighted by Gasteiger charge is 2.12. The van der Waals surface area contributed by atoms with Gasteiger partial charge >= 0.3 is 0 Å². The highest BCUT2D eigenvalue weighted by Crippen LogP contribution is 2.23. The predicted octanol–water partition coefficient (Wildman–Crippen LogP) is 3.44. The highest BCUT2D eigenvalue weighted by atomic mass is 32.1. The Balaban J connectivity index is 1.92. The minimum Gasteiger partial charge on any atom is -0.481 e. The fraction of sp³-hybridized carbons (Fsp3) is 0.111. The molecule has 1 aromatic heterocycles. The van der Waals surface area contributed by atoms with Gasteiger partial charge in [-0.15, -0.1) is 6.58 Å². The van der Waals surface area contributed by atoms with Crippen molar-refractivity contribution < 1.29 is 18.8 Å². The first kappa shape index (κ1) is 18.5. The van der Waals surface area contributed by atoms with E-state index in [0.29, 0.717) is 21.6 Å². The number of para-hydroxylation sites is 1. The van der Waals surface area contributed by atoms with Crippen LogP contribution in [0.25, 0.3) is 10.2 Å². The summed E-state index contributed by atoms with van der Waals surface area (Å²) in [5, 5.41) is 10.9. The summed E-state index contributed by atoms with van der Waals surface area (Å²) in [6, 6.07) is 10.2. The zero-order valence-corrected chi connectivity index (χ0v) is 14.8. The average molecular weight is 387 g/mol. The Hall–Kier alpha value is -3.33. The molecular weight excluding hydrogens is 373 g/mol. The molecule has 1 heterocycles. The van der Waals surface area contributed by atoms with Crippen LogP contribution in [0.2, 0.25) is 0 Å². The molecule has 0 saturated heterocycles. The summed E-state index contributed by atoms with van der Waals surface area (Å²) < 4.78 is 21.0. The van der Waals surface area contributed by atoms with Crippen molar-refractivity contribution in [1.29, 1.82) is 0 Å². The van der Waals surface area contributed by atoms with E-state index in [2.05, 4.69) is 11.6 Å². The van der Waals surface area contributed by atoms with Crippen LogP contribution in [-0.4, -0.2) is 22.0 Å². The van der Waals surface area contributed by atoms with Crippen molar-refractivity contribution in [3.05, 3.63) is 75.9 Å². The van der Waals surface area contributed by atoms with Gasteiger partial charge in [-0.2, -0.15) is 4.99 Å². The smallest absolute Gasteiger partial charge is 0.286 e. The fourth-order valence-electron chi connectivity index (χ4n) is 2.41. The van der Waals surface area contributed by atoms with Crippen molar-refractivity contribution in [2.75, 3.05) is 6.61 Å². The number of aromatic nitrogens is 1. The molecule has 138 valence electrons. The van der Waals surface area contributed by atoms with Gasteiger partial charge in [0.2, 0.25) is 0 Å². The molecule has 1 amide bonds. The third kappa shape index (κ3) is 4.09. The van der Waals surface area contributed by atoms with Crippen molar-refractivity contribution in [3.8, 4) is 5.75 Å². The molecule has 3 rings (SSSR count). The summed E-state index contributed by atoms with van der Waals surface area (Å²) >= 11 is 1.14. The lowest BCUT2D eigenvalue weighted by molar-refractivity contribution is -0.384. The van der Waals surface area contributed by atoms with Crippen LogP contribution in [-0.2, 0) is 11.3 Å². The second-order valence-corrected chi connectivity index (χ2v) is 6.43. The van der Waals surface area contributed by atoms with Crippen LogP contribution in [0.3, 0.4) is 0 Å². The third-order valence-corrected chi connectivity index (χ3v) is 4.64. The molecule has 9 heteroatoms. The predicted molar refractivity (Wildman–Crippen MR) is 99.1 cm³/mol. The number of rotatable bonds is 6. The first-order valence-electron chi connectivity index (χ1n) is 7.83. The molecule has 0 radical (unpaired) electrons. The number of hydrogen-bond acceptors (Lipinski definition) is 5. The molecule has 3 aromatic rings. The van der Waals surface area contributed by atoms with E-state index in [1.807, 2.05) is 0 Å². The quantitative estimate of drug-likeness (QED) is 0.368. The van der Waals surface area contributed by atoms with Crippen LogP contribution in [0.1, 0.15) is 0 Å². The normalized spacial score (nSPS) is 11.5. The lowest BCUT2D eigenvalue weighted by Crippen LogP contribution is -2.19. The van der Waals surface area contributed by atoms with Crippen LogP contribution in [0, 0.1) is 15.9 Å². The maximum absolute atomic E-state index is 13.5. The molecule has 0 bridgehead atoms. The highest BCUT2D eigenvalue weighted by molar-refractivity contribution is 7.16. The first-order chi connectivity index (χ1) is 13.0. The lowest BCUT2D eigenvalue weighted by Gasteiger charge is -2.04. The summed E-state index contributed by atoms with van der Waals surface area (Å²) in [6.07, 6.45) is 1.63. The number of amides is 1. The Kier molecular flexibility index (Phi) is 5.41. The van der Waals surface area contributed by atoms with E-state index in [9.17, 15) is 19.3 Å². The standard InChI is InChI=1S/C18H14FN3O4S/c1-2-9-21-14-8-7-12(22(24)25)10-16(14)27-18(21)20-17(23)11-26-15-6-4-3-5-13(15)19/h2-8,10H,1,9,11H2. The number of allylic oxidation sites excluding steroid dienone is 1. The number of nitro groups is 1. The van der Waals surface area contributed by atoms with Gasteiger partial charge in [-0.1, -0.05) is 29.5 Å². The molecule has 0 aliphatic rings. The van der Waals surface area contributed by atoms with E-state index < -0.39 is 23.3 Å². The van der Waals surface area contributed by atoms with Crippen molar-refractivity contribution in [2.24, 2.45) is 4.99 Å². The van der Waals surface area contributed by atoms with Gasteiger partial charge in [-0.05, 0) is 18.2 Å². The summed E-state index contributed by atoms with van der Waals surface area (Å²) in [5.41, 5.74) is 0.655. The minimum atomic E-state index is -0.600. The number of thiazole rings is 1. The minimum absolute atomic E-state index is 0.0352. The molecular formula is C18H14FN3O4S.